The number of rotatable bonds is 5. The first-order chi connectivity index (χ1) is 7.17. The van der Waals surface area contributed by atoms with Gasteiger partial charge in [0, 0.05) is 12.5 Å². The van der Waals surface area contributed by atoms with Crippen LogP contribution in [-0.4, -0.2) is 12.9 Å². The molecule has 0 aromatic carbocycles. The van der Waals surface area contributed by atoms with Gasteiger partial charge in [0.05, 0.1) is 13.2 Å². The number of carbonyl (C=O) groups excluding carboxylic acids is 1. The monoisotopic (exact) mass is 210 g/mol. The first kappa shape index (κ1) is 11.5. The van der Waals surface area contributed by atoms with Gasteiger partial charge in [-0.15, -0.1) is 0 Å². The molecule has 1 heterocycles. The first-order valence-electron chi connectivity index (χ1n) is 4.89. The van der Waals surface area contributed by atoms with Gasteiger partial charge in [0.15, 0.2) is 11.5 Å². The van der Waals surface area contributed by atoms with Gasteiger partial charge in [-0.25, -0.2) is 4.79 Å². The van der Waals surface area contributed by atoms with Gasteiger partial charge >= 0.3 is 5.63 Å². The third-order valence-corrected chi connectivity index (χ3v) is 2.01. The van der Waals surface area contributed by atoms with Crippen molar-refractivity contribution in [1.29, 1.82) is 0 Å². The Balaban J connectivity index is 2.88. The molecule has 0 bridgehead atoms. The van der Waals surface area contributed by atoms with Gasteiger partial charge in [-0.2, -0.15) is 0 Å². The molecule has 4 heteroatoms. The van der Waals surface area contributed by atoms with E-state index < -0.39 is 5.63 Å². The molecule has 1 aromatic heterocycles. The van der Waals surface area contributed by atoms with Crippen LogP contribution in [0.1, 0.15) is 36.7 Å². The normalized spacial score (nSPS) is 10.0. The van der Waals surface area contributed by atoms with Crippen LogP contribution < -0.4 is 10.4 Å². The molecule has 1 rings (SSSR count). The largest absolute Gasteiger partial charge is 0.496 e. The number of ether oxygens (including phenoxy) is 1. The van der Waals surface area contributed by atoms with Crippen LogP contribution in [0, 0.1) is 0 Å². The molecular weight excluding hydrogens is 196 g/mol. The zero-order valence-electron chi connectivity index (χ0n) is 8.91. The van der Waals surface area contributed by atoms with E-state index in [-0.39, 0.29) is 11.5 Å². The average molecular weight is 210 g/mol. The third-order valence-electron chi connectivity index (χ3n) is 2.01. The van der Waals surface area contributed by atoms with E-state index >= 15 is 0 Å². The van der Waals surface area contributed by atoms with Gasteiger partial charge in [-0.1, -0.05) is 13.3 Å². The molecule has 82 valence electrons. The number of unbranched alkanes of at least 4 members (excludes halogenated alkanes) is 1. The molecule has 0 spiro atoms. The summed E-state index contributed by atoms with van der Waals surface area (Å²) >= 11 is 0. The van der Waals surface area contributed by atoms with Gasteiger partial charge in [0.25, 0.3) is 0 Å². The van der Waals surface area contributed by atoms with Crippen LogP contribution >= 0.6 is 0 Å². The molecule has 0 saturated heterocycles. The molecule has 0 aliphatic rings. The summed E-state index contributed by atoms with van der Waals surface area (Å²) in [4.78, 5) is 22.6. The Kier molecular flexibility index (Phi) is 4.09. The average Bonchev–Trinajstić information content (AvgIpc) is 2.24. The van der Waals surface area contributed by atoms with Crippen molar-refractivity contribution >= 4 is 5.78 Å². The van der Waals surface area contributed by atoms with Crippen molar-refractivity contribution in [1.82, 2.24) is 0 Å². The van der Waals surface area contributed by atoms with Gasteiger partial charge < -0.3 is 9.15 Å². The summed E-state index contributed by atoms with van der Waals surface area (Å²) in [5.74, 6) is 0.270. The zero-order valence-corrected chi connectivity index (χ0v) is 8.91. The van der Waals surface area contributed by atoms with E-state index in [0.717, 1.165) is 12.8 Å². The summed E-state index contributed by atoms with van der Waals surface area (Å²) in [7, 11) is 1.44. The number of methoxy groups -OCH3 is 1. The number of Topliss-reactive ketones (excluding diaryl/α,β-unsaturated/α-hetero) is 1. The van der Waals surface area contributed by atoms with Crippen molar-refractivity contribution in [2.75, 3.05) is 7.11 Å². The second kappa shape index (κ2) is 5.34. The van der Waals surface area contributed by atoms with Crippen LogP contribution in [-0.2, 0) is 0 Å². The summed E-state index contributed by atoms with van der Waals surface area (Å²) in [6.07, 6.45) is 2.12. The summed E-state index contributed by atoms with van der Waals surface area (Å²) in [6, 6.07) is 2.65. The fourth-order valence-electron chi connectivity index (χ4n) is 1.17. The van der Waals surface area contributed by atoms with E-state index in [9.17, 15) is 9.59 Å². The molecule has 0 unspecified atom stereocenters. The zero-order chi connectivity index (χ0) is 11.3. The standard InChI is InChI=1S/C11H14O4/c1-3-4-5-9(12)10-6-8(14-2)7-11(13)15-10/h6-7H,3-5H2,1-2H3. The van der Waals surface area contributed by atoms with Crippen molar-refractivity contribution in [2.45, 2.75) is 26.2 Å². The lowest BCUT2D eigenvalue weighted by Crippen LogP contribution is -2.06. The van der Waals surface area contributed by atoms with Crippen LogP contribution in [0.25, 0.3) is 0 Å². The third kappa shape index (κ3) is 3.23. The van der Waals surface area contributed by atoms with Gasteiger partial charge in [-0.05, 0) is 6.42 Å². The summed E-state index contributed by atoms with van der Waals surface area (Å²) in [5, 5.41) is 0. The summed E-state index contributed by atoms with van der Waals surface area (Å²) < 4.78 is 9.67. The van der Waals surface area contributed by atoms with E-state index in [1.165, 1.54) is 19.2 Å². The molecule has 0 fully saturated rings. The molecule has 4 nitrogen and oxygen atoms in total. The summed E-state index contributed by atoms with van der Waals surface area (Å²) in [5.41, 5.74) is -0.561. The van der Waals surface area contributed by atoms with Crippen molar-refractivity contribution in [2.24, 2.45) is 0 Å². The van der Waals surface area contributed by atoms with Crippen molar-refractivity contribution in [3.05, 3.63) is 28.3 Å². The molecule has 15 heavy (non-hydrogen) atoms. The molecule has 0 saturated carbocycles. The Morgan fingerprint density at radius 3 is 2.80 bits per heavy atom. The van der Waals surface area contributed by atoms with Crippen LogP contribution in [0.5, 0.6) is 5.75 Å². The molecule has 1 aromatic rings. The second-order valence-electron chi connectivity index (χ2n) is 3.21. The van der Waals surface area contributed by atoms with Gasteiger partial charge in [0.1, 0.15) is 5.75 Å². The highest BCUT2D eigenvalue weighted by molar-refractivity contribution is 5.93. The lowest BCUT2D eigenvalue weighted by molar-refractivity contribution is 0.0947. The Hall–Kier alpha value is -1.58. The minimum absolute atomic E-state index is 0.0767. The maximum Gasteiger partial charge on any atom is 0.340 e. The fraction of sp³-hybridized carbons (Fsp3) is 0.455. The Bertz CT molecular complexity index is 392. The van der Waals surface area contributed by atoms with Crippen LogP contribution in [0.2, 0.25) is 0 Å². The van der Waals surface area contributed by atoms with Crippen LogP contribution in [0.4, 0.5) is 0 Å². The predicted molar refractivity (Wildman–Crippen MR) is 55.4 cm³/mol. The van der Waals surface area contributed by atoms with Crippen LogP contribution in [0.3, 0.4) is 0 Å². The molecule has 0 aliphatic heterocycles. The van der Waals surface area contributed by atoms with Crippen LogP contribution in [0.15, 0.2) is 21.3 Å². The fourth-order valence-corrected chi connectivity index (χ4v) is 1.17. The molecule has 0 atom stereocenters. The van der Waals surface area contributed by atoms with E-state index in [1.807, 2.05) is 6.92 Å². The van der Waals surface area contributed by atoms with Crippen molar-refractivity contribution in [3.8, 4) is 5.75 Å². The highest BCUT2D eigenvalue weighted by Gasteiger charge is 2.10. The van der Waals surface area contributed by atoms with E-state index in [0.29, 0.717) is 12.2 Å². The smallest absolute Gasteiger partial charge is 0.340 e. The quantitative estimate of drug-likeness (QED) is 0.697. The van der Waals surface area contributed by atoms with Gasteiger partial charge in [-0.3, -0.25) is 4.79 Å². The number of carbonyl (C=O) groups is 1. The van der Waals surface area contributed by atoms with Crippen molar-refractivity contribution in [3.63, 3.8) is 0 Å². The molecular formula is C11H14O4. The maximum absolute atomic E-state index is 11.5. The summed E-state index contributed by atoms with van der Waals surface area (Å²) in [6.45, 7) is 2.00. The Morgan fingerprint density at radius 2 is 2.20 bits per heavy atom. The molecule has 0 radical (unpaired) electrons. The van der Waals surface area contributed by atoms with E-state index in [2.05, 4.69) is 0 Å². The predicted octanol–water partition coefficient (Wildman–Crippen LogP) is 2.02. The Morgan fingerprint density at radius 1 is 1.47 bits per heavy atom. The number of ketones is 1. The maximum atomic E-state index is 11.5. The lowest BCUT2D eigenvalue weighted by atomic mass is 10.1. The van der Waals surface area contributed by atoms with E-state index in [1.54, 1.807) is 0 Å². The molecule has 0 aliphatic carbocycles. The molecule has 0 N–H and O–H groups in total. The SMILES string of the molecule is CCCCC(=O)c1cc(OC)cc(=O)o1. The highest BCUT2D eigenvalue weighted by Crippen LogP contribution is 2.12. The van der Waals surface area contributed by atoms with Crippen molar-refractivity contribution < 1.29 is 13.9 Å². The van der Waals surface area contributed by atoms with Gasteiger partial charge in [0.2, 0.25) is 0 Å². The Labute approximate surface area is 87.9 Å². The molecule has 0 amide bonds. The lowest BCUT2D eigenvalue weighted by Gasteiger charge is -2.01. The minimum atomic E-state index is -0.561. The number of hydrogen-bond donors (Lipinski definition) is 0. The first-order valence-corrected chi connectivity index (χ1v) is 4.89. The van der Waals surface area contributed by atoms with E-state index in [4.69, 9.17) is 9.15 Å². The highest BCUT2D eigenvalue weighted by atomic mass is 16.5. The minimum Gasteiger partial charge on any atom is -0.496 e. The number of hydrogen-bond acceptors (Lipinski definition) is 4. The second-order valence-corrected chi connectivity index (χ2v) is 3.21. The topological polar surface area (TPSA) is 56.5 Å².